The third-order valence-corrected chi connectivity index (χ3v) is 3.27. The van der Waals surface area contributed by atoms with Gasteiger partial charge in [-0.2, -0.15) is 5.26 Å². The van der Waals surface area contributed by atoms with Gasteiger partial charge in [0.05, 0.1) is 6.07 Å². The molecule has 0 amide bonds. The second-order valence-electron chi connectivity index (χ2n) is 5.39. The van der Waals surface area contributed by atoms with E-state index in [1.54, 1.807) is 0 Å². The summed E-state index contributed by atoms with van der Waals surface area (Å²) < 4.78 is 0. The lowest BCUT2D eigenvalue weighted by atomic mass is 9.61. The average molecular weight is 205 g/mol. The van der Waals surface area contributed by atoms with Crippen LogP contribution in [-0.4, -0.2) is 5.78 Å². The molecule has 1 rings (SSSR count). The minimum Gasteiger partial charge on any atom is -0.297 e. The topological polar surface area (TPSA) is 40.9 Å². The number of rotatable bonds is 2. The van der Waals surface area contributed by atoms with Crippen LogP contribution in [0.2, 0.25) is 0 Å². The standard InChI is InChI=1S/C13H19NO/c1-10(2)8-13(9-14)7-5-6-12(3,4)11(13)15/h1,5-8H2,2-4H3. The van der Waals surface area contributed by atoms with Gasteiger partial charge in [-0.15, -0.1) is 6.58 Å². The van der Waals surface area contributed by atoms with Gasteiger partial charge in [0.25, 0.3) is 0 Å². The average Bonchev–Trinajstić information content (AvgIpc) is 2.12. The smallest absolute Gasteiger partial charge is 0.158 e. The lowest BCUT2D eigenvalue weighted by molar-refractivity contribution is -0.138. The lowest BCUT2D eigenvalue weighted by Crippen LogP contribution is -2.43. The van der Waals surface area contributed by atoms with Gasteiger partial charge in [0.15, 0.2) is 5.78 Å². The number of hydrogen-bond donors (Lipinski definition) is 0. The molecule has 1 unspecified atom stereocenters. The van der Waals surface area contributed by atoms with Crippen LogP contribution in [0.15, 0.2) is 12.2 Å². The first-order valence-corrected chi connectivity index (χ1v) is 5.45. The minimum absolute atomic E-state index is 0.103. The minimum atomic E-state index is -0.798. The van der Waals surface area contributed by atoms with Crippen LogP contribution in [0.5, 0.6) is 0 Å². The monoisotopic (exact) mass is 205 g/mol. The molecule has 0 heterocycles. The molecule has 1 fully saturated rings. The summed E-state index contributed by atoms with van der Waals surface area (Å²) in [4.78, 5) is 12.3. The highest BCUT2D eigenvalue weighted by molar-refractivity contribution is 5.93. The second-order valence-corrected chi connectivity index (χ2v) is 5.39. The molecule has 0 aromatic carbocycles. The molecule has 0 saturated heterocycles. The summed E-state index contributed by atoms with van der Waals surface area (Å²) >= 11 is 0. The lowest BCUT2D eigenvalue weighted by Gasteiger charge is -2.39. The number of Topliss-reactive ketones (excluding diaryl/α,β-unsaturated/α-hetero) is 1. The van der Waals surface area contributed by atoms with Crippen LogP contribution in [0.25, 0.3) is 0 Å². The van der Waals surface area contributed by atoms with Crippen LogP contribution in [-0.2, 0) is 4.79 Å². The fourth-order valence-corrected chi connectivity index (χ4v) is 2.54. The summed E-state index contributed by atoms with van der Waals surface area (Å²) in [6, 6.07) is 2.24. The van der Waals surface area contributed by atoms with Crippen molar-refractivity contribution in [2.24, 2.45) is 10.8 Å². The Morgan fingerprint density at radius 2 is 2.13 bits per heavy atom. The fraction of sp³-hybridized carbons (Fsp3) is 0.692. The van der Waals surface area contributed by atoms with Gasteiger partial charge in [0, 0.05) is 5.41 Å². The Labute approximate surface area is 92.0 Å². The van der Waals surface area contributed by atoms with Crippen molar-refractivity contribution in [1.29, 1.82) is 5.26 Å². The van der Waals surface area contributed by atoms with E-state index in [0.717, 1.165) is 18.4 Å². The quantitative estimate of drug-likeness (QED) is 0.649. The Morgan fingerprint density at radius 1 is 1.53 bits per heavy atom. The molecule has 0 aromatic heterocycles. The maximum atomic E-state index is 12.3. The Balaban J connectivity index is 3.04. The molecule has 82 valence electrons. The van der Waals surface area contributed by atoms with Gasteiger partial charge < -0.3 is 0 Å². The zero-order valence-electron chi connectivity index (χ0n) is 9.89. The SMILES string of the molecule is C=C(C)CC1(C#N)CCCC(C)(C)C1=O. The zero-order chi connectivity index (χ0) is 11.7. The molecule has 0 aliphatic heterocycles. The van der Waals surface area contributed by atoms with E-state index in [4.69, 9.17) is 0 Å². The number of allylic oxidation sites excluding steroid dienone is 1. The van der Waals surface area contributed by atoms with Crippen LogP contribution in [0, 0.1) is 22.2 Å². The Morgan fingerprint density at radius 3 is 2.60 bits per heavy atom. The van der Waals surface area contributed by atoms with Gasteiger partial charge in [0.1, 0.15) is 5.41 Å². The molecule has 0 spiro atoms. The van der Waals surface area contributed by atoms with Crippen molar-refractivity contribution in [1.82, 2.24) is 0 Å². The number of nitrogens with zero attached hydrogens (tertiary/aromatic N) is 1. The zero-order valence-corrected chi connectivity index (χ0v) is 9.89. The molecule has 15 heavy (non-hydrogen) atoms. The van der Waals surface area contributed by atoms with Gasteiger partial charge in [-0.05, 0) is 26.2 Å². The molecule has 0 radical (unpaired) electrons. The first kappa shape index (κ1) is 12.0. The van der Waals surface area contributed by atoms with Gasteiger partial charge in [-0.1, -0.05) is 25.8 Å². The van der Waals surface area contributed by atoms with E-state index in [1.165, 1.54) is 0 Å². The van der Waals surface area contributed by atoms with E-state index in [0.29, 0.717) is 12.8 Å². The third-order valence-electron chi connectivity index (χ3n) is 3.27. The van der Waals surface area contributed by atoms with E-state index in [1.807, 2.05) is 20.8 Å². The van der Waals surface area contributed by atoms with E-state index >= 15 is 0 Å². The predicted molar refractivity (Wildman–Crippen MR) is 60.1 cm³/mol. The van der Waals surface area contributed by atoms with Gasteiger partial charge >= 0.3 is 0 Å². The van der Waals surface area contributed by atoms with Crippen molar-refractivity contribution >= 4 is 5.78 Å². The normalized spacial score (nSPS) is 29.6. The van der Waals surface area contributed by atoms with Crippen molar-refractivity contribution in [2.45, 2.75) is 46.5 Å². The molecule has 1 aliphatic carbocycles. The Bertz CT molecular complexity index is 335. The molecule has 0 aromatic rings. The van der Waals surface area contributed by atoms with E-state index < -0.39 is 5.41 Å². The van der Waals surface area contributed by atoms with Crippen molar-refractivity contribution in [2.75, 3.05) is 0 Å². The van der Waals surface area contributed by atoms with Gasteiger partial charge in [-0.3, -0.25) is 4.79 Å². The largest absolute Gasteiger partial charge is 0.297 e. The van der Waals surface area contributed by atoms with E-state index in [2.05, 4.69) is 12.6 Å². The number of nitriles is 1. The van der Waals surface area contributed by atoms with Crippen molar-refractivity contribution in [3.8, 4) is 6.07 Å². The van der Waals surface area contributed by atoms with Crippen LogP contribution >= 0.6 is 0 Å². The summed E-state index contributed by atoms with van der Waals surface area (Å²) in [5.41, 5.74) is -0.223. The maximum absolute atomic E-state index is 12.3. The van der Waals surface area contributed by atoms with E-state index in [9.17, 15) is 10.1 Å². The number of carbonyl (C=O) groups is 1. The third kappa shape index (κ3) is 2.12. The molecule has 0 N–H and O–H groups in total. The summed E-state index contributed by atoms with van der Waals surface area (Å²) in [5.74, 6) is 0.103. The van der Waals surface area contributed by atoms with E-state index in [-0.39, 0.29) is 11.2 Å². The molecule has 2 heteroatoms. The summed E-state index contributed by atoms with van der Waals surface area (Å²) in [7, 11) is 0. The van der Waals surface area contributed by atoms with Crippen LogP contribution in [0.3, 0.4) is 0 Å². The Kier molecular flexibility index (Phi) is 3.04. The Hall–Kier alpha value is -1.10. The molecule has 1 saturated carbocycles. The predicted octanol–water partition coefficient (Wildman–Crippen LogP) is 3.24. The van der Waals surface area contributed by atoms with Gasteiger partial charge in [0.2, 0.25) is 0 Å². The summed E-state index contributed by atoms with van der Waals surface area (Å²) in [5, 5.41) is 9.28. The van der Waals surface area contributed by atoms with Crippen LogP contribution in [0.4, 0.5) is 0 Å². The number of hydrogen-bond acceptors (Lipinski definition) is 2. The molecule has 1 aliphatic rings. The first-order valence-electron chi connectivity index (χ1n) is 5.45. The van der Waals surface area contributed by atoms with Crippen molar-refractivity contribution < 1.29 is 4.79 Å². The van der Waals surface area contributed by atoms with Crippen LogP contribution < -0.4 is 0 Å². The molecular weight excluding hydrogens is 186 g/mol. The molecule has 1 atom stereocenters. The van der Waals surface area contributed by atoms with Crippen molar-refractivity contribution in [3.63, 3.8) is 0 Å². The molecule has 2 nitrogen and oxygen atoms in total. The highest BCUT2D eigenvalue weighted by Gasteiger charge is 2.48. The van der Waals surface area contributed by atoms with Crippen LogP contribution in [0.1, 0.15) is 46.5 Å². The molecule has 0 bridgehead atoms. The summed E-state index contributed by atoms with van der Waals surface area (Å²) in [6.45, 7) is 9.59. The second kappa shape index (κ2) is 3.81. The summed E-state index contributed by atoms with van der Waals surface area (Å²) in [6.07, 6.45) is 3.06. The highest BCUT2D eigenvalue weighted by atomic mass is 16.1. The number of carbonyl (C=O) groups excluding carboxylic acids is 1. The van der Waals surface area contributed by atoms with Crippen molar-refractivity contribution in [3.05, 3.63) is 12.2 Å². The maximum Gasteiger partial charge on any atom is 0.158 e. The fourth-order valence-electron chi connectivity index (χ4n) is 2.54. The van der Waals surface area contributed by atoms with Gasteiger partial charge in [-0.25, -0.2) is 0 Å². The highest BCUT2D eigenvalue weighted by Crippen LogP contribution is 2.45. The first-order chi connectivity index (χ1) is 6.84. The number of ketones is 1. The molecular formula is C13H19NO.